The Hall–Kier alpha value is -0.120. The Balaban J connectivity index is 3.02. The molecular weight excluding hydrogens is 186 g/mol. The van der Waals surface area contributed by atoms with Gasteiger partial charge in [-0.25, -0.2) is 0 Å². The number of nitrogens with two attached hydrogens (primary N) is 1. The molecule has 66 valence electrons. The summed E-state index contributed by atoms with van der Waals surface area (Å²) in [4.78, 5) is 2.66. The Morgan fingerprint density at radius 1 is 1.17 bits per heavy atom. The van der Waals surface area contributed by atoms with Crippen molar-refractivity contribution in [2.24, 2.45) is 5.73 Å². The van der Waals surface area contributed by atoms with Crippen molar-refractivity contribution in [3.8, 4) is 0 Å². The molecule has 12 heavy (non-hydrogen) atoms. The average molecular weight is 199 g/mol. The minimum Gasteiger partial charge on any atom is -0.326 e. The van der Waals surface area contributed by atoms with Gasteiger partial charge in [0, 0.05) is 16.3 Å². The van der Waals surface area contributed by atoms with Crippen molar-refractivity contribution in [2.45, 2.75) is 16.3 Å². The van der Waals surface area contributed by atoms with Gasteiger partial charge >= 0.3 is 0 Å². The summed E-state index contributed by atoms with van der Waals surface area (Å²) in [5, 5.41) is 0. The number of benzene rings is 1. The largest absolute Gasteiger partial charge is 0.326 e. The summed E-state index contributed by atoms with van der Waals surface area (Å²) in [6, 6.07) is 6.39. The number of hydrogen-bond acceptors (Lipinski definition) is 3. The Kier molecular flexibility index (Phi) is 3.98. The second-order valence-electron chi connectivity index (χ2n) is 2.39. The maximum Gasteiger partial charge on any atom is 0.0208 e. The van der Waals surface area contributed by atoms with Crippen LogP contribution >= 0.6 is 23.5 Å². The van der Waals surface area contributed by atoms with Gasteiger partial charge in [-0.15, -0.1) is 23.5 Å². The van der Waals surface area contributed by atoms with Crippen LogP contribution in [0.4, 0.5) is 0 Å². The Morgan fingerprint density at radius 2 is 1.83 bits per heavy atom. The third kappa shape index (κ3) is 2.19. The first-order chi connectivity index (χ1) is 5.81. The van der Waals surface area contributed by atoms with Crippen molar-refractivity contribution in [2.75, 3.05) is 12.5 Å². The molecule has 0 saturated carbocycles. The fourth-order valence-corrected chi connectivity index (χ4v) is 2.51. The first-order valence-electron chi connectivity index (χ1n) is 3.72. The van der Waals surface area contributed by atoms with Gasteiger partial charge in [-0.2, -0.15) is 0 Å². The molecule has 0 atom stereocenters. The molecule has 1 aromatic carbocycles. The molecule has 0 aliphatic heterocycles. The predicted octanol–water partition coefficient (Wildman–Crippen LogP) is 2.59. The molecule has 1 aromatic rings. The van der Waals surface area contributed by atoms with Crippen LogP contribution in [0.5, 0.6) is 0 Å². The van der Waals surface area contributed by atoms with Crippen LogP contribution in [0.25, 0.3) is 0 Å². The molecule has 0 aliphatic carbocycles. The van der Waals surface area contributed by atoms with E-state index in [0.717, 1.165) is 0 Å². The van der Waals surface area contributed by atoms with Crippen molar-refractivity contribution in [1.82, 2.24) is 0 Å². The molecule has 3 heteroatoms. The van der Waals surface area contributed by atoms with E-state index in [-0.39, 0.29) is 0 Å². The molecule has 0 heterocycles. The third-order valence-electron chi connectivity index (χ3n) is 1.68. The highest BCUT2D eigenvalue weighted by molar-refractivity contribution is 8.01. The highest BCUT2D eigenvalue weighted by atomic mass is 32.2. The molecule has 0 fully saturated rings. The van der Waals surface area contributed by atoms with Crippen LogP contribution < -0.4 is 5.73 Å². The van der Waals surface area contributed by atoms with Gasteiger partial charge in [0.1, 0.15) is 0 Å². The van der Waals surface area contributed by atoms with E-state index in [2.05, 4.69) is 30.7 Å². The van der Waals surface area contributed by atoms with E-state index in [0.29, 0.717) is 6.54 Å². The van der Waals surface area contributed by atoms with E-state index >= 15 is 0 Å². The zero-order valence-electron chi connectivity index (χ0n) is 7.33. The molecule has 0 bridgehead atoms. The lowest BCUT2D eigenvalue weighted by Crippen LogP contribution is -1.96. The third-order valence-corrected chi connectivity index (χ3v) is 3.39. The highest BCUT2D eigenvalue weighted by Gasteiger charge is 2.00. The molecule has 0 amide bonds. The second kappa shape index (κ2) is 4.80. The Labute approximate surface area is 82.1 Å². The molecule has 1 nitrogen and oxygen atoms in total. The summed E-state index contributed by atoms with van der Waals surface area (Å²) in [6.07, 6.45) is 4.19. The summed E-state index contributed by atoms with van der Waals surface area (Å²) >= 11 is 3.55. The van der Waals surface area contributed by atoms with Crippen molar-refractivity contribution in [3.05, 3.63) is 23.8 Å². The van der Waals surface area contributed by atoms with Crippen LogP contribution in [-0.2, 0) is 6.54 Å². The zero-order valence-corrected chi connectivity index (χ0v) is 8.97. The number of rotatable bonds is 3. The molecule has 0 unspecified atom stereocenters. The fraction of sp³-hybridized carbons (Fsp3) is 0.333. The lowest BCUT2D eigenvalue weighted by Gasteiger charge is -2.05. The van der Waals surface area contributed by atoms with Crippen LogP contribution in [0.3, 0.4) is 0 Å². The normalized spacial score (nSPS) is 10.2. The molecule has 0 radical (unpaired) electrons. The van der Waals surface area contributed by atoms with E-state index in [9.17, 15) is 0 Å². The van der Waals surface area contributed by atoms with Gasteiger partial charge in [0.05, 0.1) is 0 Å². The lowest BCUT2D eigenvalue weighted by atomic mass is 10.2. The summed E-state index contributed by atoms with van der Waals surface area (Å²) in [5.41, 5.74) is 6.75. The Bertz CT molecular complexity index is 261. The quantitative estimate of drug-likeness (QED) is 0.758. The minimum absolute atomic E-state index is 0.627. The van der Waals surface area contributed by atoms with Crippen LogP contribution in [0.2, 0.25) is 0 Å². The lowest BCUT2D eigenvalue weighted by molar-refractivity contribution is 1.04. The van der Waals surface area contributed by atoms with E-state index < -0.39 is 0 Å². The van der Waals surface area contributed by atoms with Crippen molar-refractivity contribution < 1.29 is 0 Å². The van der Waals surface area contributed by atoms with Crippen molar-refractivity contribution in [3.63, 3.8) is 0 Å². The molecule has 1 rings (SSSR count). The van der Waals surface area contributed by atoms with E-state index in [1.807, 2.05) is 0 Å². The maximum absolute atomic E-state index is 5.55. The smallest absolute Gasteiger partial charge is 0.0208 e. The molecular formula is C9H13NS2. The number of hydrogen-bond donors (Lipinski definition) is 1. The van der Waals surface area contributed by atoms with E-state index in [4.69, 9.17) is 5.73 Å². The average Bonchev–Trinajstić information content (AvgIpc) is 2.16. The van der Waals surface area contributed by atoms with Crippen LogP contribution in [0.15, 0.2) is 28.0 Å². The SMILES string of the molecule is CSc1ccc(CN)cc1SC. The monoisotopic (exact) mass is 199 g/mol. The maximum atomic E-state index is 5.55. The zero-order chi connectivity index (χ0) is 8.97. The topological polar surface area (TPSA) is 26.0 Å². The summed E-state index contributed by atoms with van der Waals surface area (Å²) < 4.78 is 0. The molecule has 0 spiro atoms. The molecule has 0 aliphatic rings. The van der Waals surface area contributed by atoms with E-state index in [1.54, 1.807) is 23.5 Å². The van der Waals surface area contributed by atoms with Crippen LogP contribution in [0.1, 0.15) is 5.56 Å². The first kappa shape index (κ1) is 9.96. The molecule has 0 aromatic heterocycles. The number of thioether (sulfide) groups is 2. The summed E-state index contributed by atoms with van der Waals surface area (Å²) in [6.45, 7) is 0.627. The van der Waals surface area contributed by atoms with E-state index in [1.165, 1.54) is 15.4 Å². The van der Waals surface area contributed by atoms with Gasteiger partial charge in [0.2, 0.25) is 0 Å². The fourth-order valence-electron chi connectivity index (χ4n) is 1.01. The van der Waals surface area contributed by atoms with Crippen molar-refractivity contribution in [1.29, 1.82) is 0 Å². The van der Waals surface area contributed by atoms with Gasteiger partial charge in [-0.1, -0.05) is 6.07 Å². The van der Waals surface area contributed by atoms with Crippen LogP contribution in [0, 0.1) is 0 Å². The van der Waals surface area contributed by atoms with Gasteiger partial charge in [-0.3, -0.25) is 0 Å². The summed E-state index contributed by atoms with van der Waals surface area (Å²) in [5.74, 6) is 0. The van der Waals surface area contributed by atoms with Crippen molar-refractivity contribution >= 4 is 23.5 Å². The minimum atomic E-state index is 0.627. The highest BCUT2D eigenvalue weighted by Crippen LogP contribution is 2.28. The summed E-state index contributed by atoms with van der Waals surface area (Å²) in [7, 11) is 0. The van der Waals surface area contributed by atoms with Gasteiger partial charge in [0.25, 0.3) is 0 Å². The van der Waals surface area contributed by atoms with Gasteiger partial charge < -0.3 is 5.73 Å². The van der Waals surface area contributed by atoms with Crippen LogP contribution in [-0.4, -0.2) is 12.5 Å². The first-order valence-corrected chi connectivity index (χ1v) is 6.17. The van der Waals surface area contributed by atoms with Gasteiger partial charge in [0.15, 0.2) is 0 Å². The van der Waals surface area contributed by atoms with Gasteiger partial charge in [-0.05, 0) is 30.2 Å². The predicted molar refractivity (Wildman–Crippen MR) is 57.9 cm³/mol. The molecule has 2 N–H and O–H groups in total. The second-order valence-corrected chi connectivity index (χ2v) is 4.09. The Morgan fingerprint density at radius 3 is 2.33 bits per heavy atom. The standard InChI is InChI=1S/C9H13NS2/c1-11-8-4-3-7(6-10)5-9(8)12-2/h3-5H,6,10H2,1-2H3. The molecule has 0 saturated heterocycles.